The van der Waals surface area contributed by atoms with Crippen molar-refractivity contribution in [2.45, 2.75) is 181 Å². The molecule has 6 nitrogen and oxygen atoms in total. The summed E-state index contributed by atoms with van der Waals surface area (Å²) in [5.41, 5.74) is 0. The molecule has 0 aromatic heterocycles. The Balaban J connectivity index is 4.58. The number of unbranched alkanes of at least 4 members (excludes halogenated alkanes) is 12. The summed E-state index contributed by atoms with van der Waals surface area (Å²) in [6.45, 7) is 6.23. The van der Waals surface area contributed by atoms with Crippen LogP contribution in [0.3, 0.4) is 0 Å². The molecular formula is C51H80O6. The first-order valence-corrected chi connectivity index (χ1v) is 22.4. The van der Waals surface area contributed by atoms with Crippen LogP contribution in [0.25, 0.3) is 0 Å². The van der Waals surface area contributed by atoms with E-state index in [2.05, 4.69) is 81.5 Å². The molecule has 6 heteroatoms. The quantitative estimate of drug-likeness (QED) is 0.0204. The van der Waals surface area contributed by atoms with E-state index in [1.165, 1.54) is 44.9 Å². The number of rotatable bonds is 38. The van der Waals surface area contributed by atoms with Gasteiger partial charge in [-0.15, -0.1) is 0 Å². The summed E-state index contributed by atoms with van der Waals surface area (Å²) in [4.78, 5) is 37.7. The SMILES string of the molecule is CC\C=C/C=C\C=C/C=C\CCCCCC(=O)OC(COC(=O)CC/C=C\C/C=C\C/C=C\C/C=C\C/C=C\CC)COC(=O)CCCCCCCCCCCC. The Hall–Kier alpha value is -3.93. The van der Waals surface area contributed by atoms with Gasteiger partial charge in [0, 0.05) is 19.3 Å². The van der Waals surface area contributed by atoms with Crippen LogP contribution in [0.15, 0.2) is 109 Å². The zero-order chi connectivity index (χ0) is 41.5. The first-order valence-electron chi connectivity index (χ1n) is 22.4. The monoisotopic (exact) mass is 789 g/mol. The van der Waals surface area contributed by atoms with Gasteiger partial charge in [-0.2, -0.15) is 0 Å². The van der Waals surface area contributed by atoms with Crippen molar-refractivity contribution < 1.29 is 28.6 Å². The third-order valence-electron chi connectivity index (χ3n) is 8.88. The number of hydrogen-bond donors (Lipinski definition) is 0. The molecule has 0 aliphatic carbocycles. The molecule has 0 aliphatic rings. The lowest BCUT2D eigenvalue weighted by atomic mass is 10.1. The van der Waals surface area contributed by atoms with Gasteiger partial charge in [0.1, 0.15) is 13.2 Å². The molecule has 1 unspecified atom stereocenters. The van der Waals surface area contributed by atoms with Crippen LogP contribution < -0.4 is 0 Å². The van der Waals surface area contributed by atoms with Crippen molar-refractivity contribution in [2.75, 3.05) is 13.2 Å². The van der Waals surface area contributed by atoms with E-state index in [1.54, 1.807) is 0 Å². The molecule has 0 bridgehead atoms. The van der Waals surface area contributed by atoms with Gasteiger partial charge >= 0.3 is 17.9 Å². The average Bonchev–Trinajstić information content (AvgIpc) is 3.21. The topological polar surface area (TPSA) is 78.9 Å². The lowest BCUT2D eigenvalue weighted by Crippen LogP contribution is -2.30. The maximum Gasteiger partial charge on any atom is 0.306 e. The molecule has 0 fully saturated rings. The van der Waals surface area contributed by atoms with Crippen molar-refractivity contribution in [3.05, 3.63) is 109 Å². The third kappa shape index (κ3) is 43.0. The second-order valence-electron chi connectivity index (χ2n) is 14.3. The number of esters is 3. The molecule has 0 radical (unpaired) electrons. The Bertz CT molecular complexity index is 1230. The number of allylic oxidation sites excluding steroid dienone is 18. The summed E-state index contributed by atoms with van der Waals surface area (Å²) < 4.78 is 16.6. The molecule has 0 rings (SSSR count). The summed E-state index contributed by atoms with van der Waals surface area (Å²) >= 11 is 0. The standard InChI is InChI=1S/C51H80O6/c1-4-7-10-13-16-19-22-24-25-26-28-29-32-35-38-41-44-50(53)56-47-48(46-55-49(52)43-40-37-34-31-21-18-15-12-9-6-3)57-51(54)45-42-39-36-33-30-27-23-20-17-14-11-8-5-2/h7-8,10-11,14,16-17,19-20,23-25,27-30,35,38,48H,4-6,9,12-13,15,18,21-22,26,31-34,36-37,39-47H2,1-3H3/b10-7-,11-8-,17-14-,19-16-,23-20-,25-24-,29-28-,30-27-,38-35-. The summed E-state index contributed by atoms with van der Waals surface area (Å²) in [6, 6.07) is 0. The number of ether oxygens (including phenoxy) is 3. The summed E-state index contributed by atoms with van der Waals surface area (Å²) in [5, 5.41) is 0. The molecule has 320 valence electrons. The summed E-state index contributed by atoms with van der Waals surface area (Å²) in [5.74, 6) is -1.06. The van der Waals surface area contributed by atoms with E-state index in [-0.39, 0.29) is 44.0 Å². The average molecular weight is 789 g/mol. The molecule has 57 heavy (non-hydrogen) atoms. The lowest BCUT2D eigenvalue weighted by molar-refractivity contribution is -0.166. The molecule has 0 saturated carbocycles. The predicted octanol–water partition coefficient (Wildman–Crippen LogP) is 14.4. The van der Waals surface area contributed by atoms with Crippen LogP contribution in [0, 0.1) is 0 Å². The highest BCUT2D eigenvalue weighted by molar-refractivity contribution is 5.71. The molecule has 0 saturated heterocycles. The van der Waals surface area contributed by atoms with E-state index < -0.39 is 6.10 Å². The van der Waals surface area contributed by atoms with Crippen molar-refractivity contribution in [2.24, 2.45) is 0 Å². The van der Waals surface area contributed by atoms with Crippen molar-refractivity contribution in [3.63, 3.8) is 0 Å². The van der Waals surface area contributed by atoms with Crippen LogP contribution in [0.5, 0.6) is 0 Å². The highest BCUT2D eigenvalue weighted by Crippen LogP contribution is 2.12. The second-order valence-corrected chi connectivity index (χ2v) is 14.3. The van der Waals surface area contributed by atoms with Crippen molar-refractivity contribution >= 4 is 17.9 Å². The molecule has 0 N–H and O–H groups in total. The zero-order valence-corrected chi connectivity index (χ0v) is 36.3. The minimum absolute atomic E-state index is 0.118. The zero-order valence-electron chi connectivity index (χ0n) is 36.3. The number of hydrogen-bond acceptors (Lipinski definition) is 6. The van der Waals surface area contributed by atoms with Gasteiger partial charge in [0.2, 0.25) is 0 Å². The summed E-state index contributed by atoms with van der Waals surface area (Å²) in [6.07, 6.45) is 59.4. The lowest BCUT2D eigenvalue weighted by Gasteiger charge is -2.18. The maximum absolute atomic E-state index is 12.7. The Kier molecular flexibility index (Phi) is 41.7. The first-order chi connectivity index (χ1) is 28.0. The largest absolute Gasteiger partial charge is 0.462 e. The van der Waals surface area contributed by atoms with Crippen LogP contribution in [0.4, 0.5) is 0 Å². The van der Waals surface area contributed by atoms with Gasteiger partial charge in [0.15, 0.2) is 6.10 Å². The van der Waals surface area contributed by atoms with Gasteiger partial charge in [-0.3, -0.25) is 14.4 Å². The molecule has 1 atom stereocenters. The Morgan fingerprint density at radius 3 is 1.35 bits per heavy atom. The highest BCUT2D eigenvalue weighted by Gasteiger charge is 2.19. The molecule has 0 amide bonds. The smallest absolute Gasteiger partial charge is 0.306 e. The molecule has 0 spiro atoms. The van der Waals surface area contributed by atoms with Gasteiger partial charge in [0.25, 0.3) is 0 Å². The third-order valence-corrected chi connectivity index (χ3v) is 8.88. The van der Waals surface area contributed by atoms with Crippen LogP contribution in [0.1, 0.15) is 175 Å². The fourth-order valence-electron chi connectivity index (χ4n) is 5.56. The Morgan fingerprint density at radius 2 is 0.807 bits per heavy atom. The molecule has 0 aliphatic heterocycles. The van der Waals surface area contributed by atoms with E-state index in [0.29, 0.717) is 19.3 Å². The summed E-state index contributed by atoms with van der Waals surface area (Å²) in [7, 11) is 0. The molecule has 0 aromatic rings. The number of carbonyl (C=O) groups is 3. The van der Waals surface area contributed by atoms with Gasteiger partial charge in [-0.25, -0.2) is 0 Å². The van der Waals surface area contributed by atoms with Crippen molar-refractivity contribution in [3.8, 4) is 0 Å². The fraction of sp³-hybridized carbons (Fsp3) is 0.588. The van der Waals surface area contributed by atoms with E-state index in [0.717, 1.165) is 77.0 Å². The van der Waals surface area contributed by atoms with E-state index in [9.17, 15) is 14.4 Å². The molecule has 0 heterocycles. The van der Waals surface area contributed by atoms with Gasteiger partial charge in [-0.05, 0) is 70.6 Å². The fourth-order valence-corrected chi connectivity index (χ4v) is 5.56. The molecular weight excluding hydrogens is 709 g/mol. The van der Waals surface area contributed by atoms with Crippen molar-refractivity contribution in [1.29, 1.82) is 0 Å². The van der Waals surface area contributed by atoms with Crippen LogP contribution in [-0.4, -0.2) is 37.2 Å². The van der Waals surface area contributed by atoms with Gasteiger partial charge in [0.05, 0.1) is 0 Å². The Labute approximate surface area is 349 Å². The molecule has 0 aromatic carbocycles. The van der Waals surface area contributed by atoms with Crippen LogP contribution in [0.2, 0.25) is 0 Å². The minimum Gasteiger partial charge on any atom is -0.462 e. The van der Waals surface area contributed by atoms with Gasteiger partial charge in [-0.1, -0.05) is 194 Å². The Morgan fingerprint density at radius 1 is 0.386 bits per heavy atom. The van der Waals surface area contributed by atoms with Crippen LogP contribution >= 0.6 is 0 Å². The normalized spacial score (nSPS) is 13.1. The highest BCUT2D eigenvalue weighted by atomic mass is 16.6. The van der Waals surface area contributed by atoms with E-state index in [1.807, 2.05) is 48.6 Å². The second kappa shape index (κ2) is 44.8. The predicted molar refractivity (Wildman–Crippen MR) is 242 cm³/mol. The maximum atomic E-state index is 12.7. The van der Waals surface area contributed by atoms with Gasteiger partial charge < -0.3 is 14.2 Å². The number of carbonyl (C=O) groups excluding carboxylic acids is 3. The van der Waals surface area contributed by atoms with Crippen molar-refractivity contribution in [1.82, 2.24) is 0 Å². The van der Waals surface area contributed by atoms with E-state index >= 15 is 0 Å². The van der Waals surface area contributed by atoms with E-state index in [4.69, 9.17) is 14.2 Å². The van der Waals surface area contributed by atoms with Crippen LogP contribution in [-0.2, 0) is 28.6 Å². The minimum atomic E-state index is -0.826. The first kappa shape index (κ1) is 53.1.